The second kappa shape index (κ2) is 9.37. The summed E-state index contributed by atoms with van der Waals surface area (Å²) in [6.07, 6.45) is -0.115. The van der Waals surface area contributed by atoms with E-state index in [-0.39, 0.29) is 13.0 Å². The van der Waals surface area contributed by atoms with E-state index < -0.39 is 30.0 Å². The van der Waals surface area contributed by atoms with Crippen molar-refractivity contribution in [1.29, 1.82) is 0 Å². The Labute approximate surface area is 167 Å². The predicted molar refractivity (Wildman–Crippen MR) is 103 cm³/mol. The van der Waals surface area contributed by atoms with Crippen LogP contribution < -0.4 is 11.1 Å². The van der Waals surface area contributed by atoms with Crippen LogP contribution >= 0.6 is 11.8 Å². The molecule has 0 aliphatic heterocycles. The number of carbonyl (C=O) groups is 2. The number of halogens is 2. The Kier molecular flexibility index (Phi) is 6.65. The molecule has 1 heterocycles. The van der Waals surface area contributed by atoms with E-state index in [4.69, 9.17) is 9.15 Å². The third kappa shape index (κ3) is 5.67. The van der Waals surface area contributed by atoms with Gasteiger partial charge in [0.15, 0.2) is 12.2 Å². The van der Waals surface area contributed by atoms with Crippen molar-refractivity contribution in [2.75, 3.05) is 11.9 Å². The molecule has 0 radical (unpaired) electrons. The van der Waals surface area contributed by atoms with E-state index in [1.807, 2.05) is 0 Å². The molecule has 7 nitrogen and oxygen atoms in total. The molecule has 1 aromatic heterocycles. The minimum Gasteiger partial charge on any atom is -0.456 e. The van der Waals surface area contributed by atoms with E-state index in [2.05, 4.69) is 5.32 Å². The molecule has 0 unspecified atom stereocenters. The lowest BCUT2D eigenvalue weighted by Crippen LogP contribution is -2.22. The lowest BCUT2D eigenvalue weighted by atomic mass is 10.3. The number of aryl methyl sites for hydroxylation is 1. The standard InChI is InChI=1S/C19H16F2N2O5S/c20-18(21)29-13-7-5-12(6-8-13)22-16(24)11-27-17(25)9-10-23-14-3-1-2-4-15(14)28-19(23)26/h1-8,18H,9-11H2,(H,22,24). The first kappa shape index (κ1) is 20.6. The molecule has 0 aliphatic rings. The Hall–Kier alpha value is -3.14. The van der Waals surface area contributed by atoms with Crippen molar-refractivity contribution >= 4 is 40.4 Å². The second-order valence-electron chi connectivity index (χ2n) is 5.85. The van der Waals surface area contributed by atoms with Crippen LogP contribution in [0.1, 0.15) is 6.42 Å². The summed E-state index contributed by atoms with van der Waals surface area (Å²) in [5.74, 6) is -4.32. The minimum atomic E-state index is -2.52. The molecule has 152 valence electrons. The molecule has 29 heavy (non-hydrogen) atoms. The van der Waals surface area contributed by atoms with Crippen LogP contribution in [0.2, 0.25) is 0 Å². The molecule has 0 saturated carbocycles. The molecular formula is C19H16F2N2O5S. The monoisotopic (exact) mass is 422 g/mol. The summed E-state index contributed by atoms with van der Waals surface area (Å²) < 4.78 is 35.9. The number of alkyl halides is 2. The lowest BCUT2D eigenvalue weighted by molar-refractivity contribution is -0.147. The molecule has 1 N–H and O–H groups in total. The van der Waals surface area contributed by atoms with Gasteiger partial charge >= 0.3 is 11.7 Å². The van der Waals surface area contributed by atoms with Crippen molar-refractivity contribution in [2.45, 2.75) is 23.6 Å². The van der Waals surface area contributed by atoms with Gasteiger partial charge < -0.3 is 14.5 Å². The number of carbonyl (C=O) groups excluding carboxylic acids is 2. The first-order valence-corrected chi connectivity index (χ1v) is 9.39. The summed E-state index contributed by atoms with van der Waals surface area (Å²) in [6.45, 7) is -0.451. The highest BCUT2D eigenvalue weighted by molar-refractivity contribution is 7.99. The number of ether oxygens (including phenoxy) is 1. The van der Waals surface area contributed by atoms with Gasteiger partial charge in [0.25, 0.3) is 11.7 Å². The van der Waals surface area contributed by atoms with Crippen molar-refractivity contribution in [3.63, 3.8) is 0 Å². The average molecular weight is 422 g/mol. The van der Waals surface area contributed by atoms with E-state index in [1.165, 1.54) is 28.8 Å². The number of esters is 1. The van der Waals surface area contributed by atoms with Gasteiger partial charge in [-0.1, -0.05) is 23.9 Å². The summed E-state index contributed by atoms with van der Waals surface area (Å²) in [4.78, 5) is 35.9. The van der Waals surface area contributed by atoms with Gasteiger partial charge in [0.2, 0.25) is 0 Å². The smallest absolute Gasteiger partial charge is 0.419 e. The largest absolute Gasteiger partial charge is 0.456 e. The quantitative estimate of drug-likeness (QED) is 0.442. The zero-order chi connectivity index (χ0) is 20.8. The molecule has 2 aromatic carbocycles. The molecule has 3 rings (SSSR count). The van der Waals surface area contributed by atoms with Crippen LogP contribution in [0.3, 0.4) is 0 Å². The molecule has 0 spiro atoms. The number of nitrogens with one attached hydrogen (secondary N) is 1. The third-order valence-electron chi connectivity index (χ3n) is 3.84. The van der Waals surface area contributed by atoms with Crippen molar-refractivity contribution in [3.05, 3.63) is 59.1 Å². The molecule has 0 bridgehead atoms. The first-order chi connectivity index (χ1) is 13.9. The van der Waals surface area contributed by atoms with Crippen molar-refractivity contribution in [2.24, 2.45) is 0 Å². The summed E-state index contributed by atoms with van der Waals surface area (Å²) in [5.41, 5.74) is 1.38. The summed E-state index contributed by atoms with van der Waals surface area (Å²) in [6, 6.07) is 12.7. The van der Waals surface area contributed by atoms with E-state index >= 15 is 0 Å². The van der Waals surface area contributed by atoms with E-state index in [0.717, 1.165) is 0 Å². The van der Waals surface area contributed by atoms with Gasteiger partial charge in [-0.25, -0.2) is 4.79 Å². The number of thioether (sulfide) groups is 1. The van der Waals surface area contributed by atoms with Crippen LogP contribution in [0.4, 0.5) is 14.5 Å². The normalized spacial score (nSPS) is 11.0. The van der Waals surface area contributed by atoms with Gasteiger partial charge in [-0.3, -0.25) is 14.2 Å². The SMILES string of the molecule is O=C(COC(=O)CCn1c(=O)oc2ccccc21)Nc1ccc(SC(F)F)cc1. The van der Waals surface area contributed by atoms with E-state index in [1.54, 1.807) is 24.3 Å². The number of hydrogen-bond acceptors (Lipinski definition) is 6. The van der Waals surface area contributed by atoms with Gasteiger partial charge in [0.1, 0.15) is 0 Å². The molecule has 3 aromatic rings. The maximum Gasteiger partial charge on any atom is 0.419 e. The van der Waals surface area contributed by atoms with Gasteiger partial charge in [-0.05, 0) is 36.4 Å². The summed E-state index contributed by atoms with van der Waals surface area (Å²) >= 11 is 0.400. The second-order valence-corrected chi connectivity index (χ2v) is 6.91. The maximum atomic E-state index is 12.3. The van der Waals surface area contributed by atoms with Gasteiger partial charge in [0, 0.05) is 17.1 Å². The molecule has 0 fully saturated rings. The number of para-hydroxylation sites is 2. The topological polar surface area (TPSA) is 90.5 Å². The molecule has 0 saturated heterocycles. The Bertz CT molecular complexity index is 1060. The minimum absolute atomic E-state index is 0.0551. The van der Waals surface area contributed by atoms with Crippen LogP contribution in [0, 0.1) is 0 Å². The molecule has 0 aliphatic carbocycles. The Morgan fingerprint density at radius 1 is 1.14 bits per heavy atom. The maximum absolute atomic E-state index is 12.3. The number of fused-ring (bicyclic) bond motifs is 1. The van der Waals surface area contributed by atoms with Crippen LogP contribution in [0.15, 0.2) is 62.6 Å². The summed E-state index contributed by atoms with van der Waals surface area (Å²) in [5, 5.41) is 2.50. The van der Waals surface area contributed by atoms with Crippen molar-refractivity contribution in [3.8, 4) is 0 Å². The number of benzene rings is 2. The van der Waals surface area contributed by atoms with Crippen LogP contribution in [0.25, 0.3) is 11.1 Å². The van der Waals surface area contributed by atoms with Crippen LogP contribution in [-0.4, -0.2) is 28.8 Å². The van der Waals surface area contributed by atoms with Gasteiger partial charge in [0.05, 0.1) is 11.9 Å². The molecule has 0 atom stereocenters. The van der Waals surface area contributed by atoms with Crippen molar-refractivity contribution < 1.29 is 27.5 Å². The molecular weight excluding hydrogens is 406 g/mol. The number of rotatable bonds is 8. The number of oxazole rings is 1. The number of nitrogens with zero attached hydrogens (tertiary/aromatic N) is 1. The number of anilines is 1. The number of aromatic nitrogens is 1. The molecule has 1 amide bonds. The molecule has 10 heteroatoms. The highest BCUT2D eigenvalue weighted by atomic mass is 32.2. The average Bonchev–Trinajstić information content (AvgIpc) is 3.01. The zero-order valence-electron chi connectivity index (χ0n) is 15.0. The Morgan fingerprint density at radius 2 is 1.86 bits per heavy atom. The van der Waals surface area contributed by atoms with E-state index in [9.17, 15) is 23.2 Å². The van der Waals surface area contributed by atoms with Crippen LogP contribution in [0.5, 0.6) is 0 Å². The fourth-order valence-corrected chi connectivity index (χ4v) is 3.06. The third-order valence-corrected chi connectivity index (χ3v) is 4.56. The predicted octanol–water partition coefficient (Wildman–Crippen LogP) is 3.48. The fourth-order valence-electron chi connectivity index (χ4n) is 2.56. The Morgan fingerprint density at radius 3 is 2.59 bits per heavy atom. The highest BCUT2D eigenvalue weighted by Crippen LogP contribution is 2.26. The Balaban J connectivity index is 1.46. The van der Waals surface area contributed by atoms with Crippen molar-refractivity contribution in [1.82, 2.24) is 4.57 Å². The fraction of sp³-hybridized carbons (Fsp3) is 0.211. The number of hydrogen-bond donors (Lipinski definition) is 1. The van der Waals surface area contributed by atoms with Gasteiger partial charge in [-0.2, -0.15) is 8.78 Å². The number of amides is 1. The summed E-state index contributed by atoms with van der Waals surface area (Å²) in [7, 11) is 0. The van der Waals surface area contributed by atoms with Gasteiger partial charge in [-0.15, -0.1) is 0 Å². The lowest BCUT2D eigenvalue weighted by Gasteiger charge is -2.08. The van der Waals surface area contributed by atoms with Crippen LogP contribution in [-0.2, 0) is 20.9 Å². The highest BCUT2D eigenvalue weighted by Gasteiger charge is 2.13. The van der Waals surface area contributed by atoms with E-state index in [0.29, 0.717) is 33.4 Å². The first-order valence-electron chi connectivity index (χ1n) is 8.51. The zero-order valence-corrected chi connectivity index (χ0v) is 15.8.